The third kappa shape index (κ3) is 8.21. The standard InChI is InChI=1S/C37H47NO12/c1-20(41)18-38-29-10-12-37(46)35(34(48-21(2)42)32(44)33(29)50-37)49-36(45)26(14-23-5-9-30(43)31(16-23)47-3)17-28-25(19-40)8-7-24-6-4-22(11-13-39)15-27(24)28/h4-6,9-10,12,14-16,20,25,28-29,32-35,38-41,43-44,46H,7-8,11,13,17-19H2,1-3H3/t20-,25+,28+,29+,32-,33-,34+,35+,37-/m0/s1. The molecule has 3 aliphatic rings. The van der Waals surface area contributed by atoms with E-state index in [0.29, 0.717) is 18.4 Å². The Bertz CT molecular complexity index is 1590. The lowest BCUT2D eigenvalue weighted by atomic mass is 9.72. The van der Waals surface area contributed by atoms with Crippen molar-refractivity contribution in [2.24, 2.45) is 5.92 Å². The van der Waals surface area contributed by atoms with Crippen LogP contribution in [0.5, 0.6) is 11.5 Å². The van der Waals surface area contributed by atoms with Crippen LogP contribution in [0.2, 0.25) is 0 Å². The number of hydrogen-bond acceptors (Lipinski definition) is 13. The van der Waals surface area contributed by atoms with Gasteiger partial charge >= 0.3 is 11.9 Å². The number of fused-ring (bicyclic) bond motifs is 3. The normalized spacial score (nSPS) is 29.5. The monoisotopic (exact) mass is 697 g/mol. The molecular weight excluding hydrogens is 650 g/mol. The van der Waals surface area contributed by atoms with Gasteiger partial charge in [-0.1, -0.05) is 30.3 Å². The number of phenols is 1. The molecule has 13 nitrogen and oxygen atoms in total. The zero-order chi connectivity index (χ0) is 36.2. The molecule has 2 aromatic carbocycles. The quantitative estimate of drug-likeness (QED) is 0.0896. The minimum Gasteiger partial charge on any atom is -0.504 e. The Labute approximate surface area is 290 Å². The summed E-state index contributed by atoms with van der Waals surface area (Å²) in [5.41, 5.74) is 3.51. The number of hydrogen-bond donors (Lipinski definition) is 7. The second-order valence-electron chi connectivity index (χ2n) is 13.3. The van der Waals surface area contributed by atoms with Crippen molar-refractivity contribution in [3.8, 4) is 11.5 Å². The highest BCUT2D eigenvalue weighted by Gasteiger charge is 2.60. The molecule has 9 atom stereocenters. The summed E-state index contributed by atoms with van der Waals surface area (Å²) in [6, 6.07) is 9.82. The van der Waals surface area contributed by atoms with Crippen LogP contribution in [0.1, 0.15) is 54.9 Å². The average molecular weight is 698 g/mol. The van der Waals surface area contributed by atoms with Gasteiger partial charge < -0.3 is 54.9 Å². The SMILES string of the molecule is COc1cc(C=C(C[C@H]2c3cc(CCO)ccc3CC[C@@H]2CO)C(=O)O[C@@H]2[C@H](OC(C)=O)[C@@H](O)[C@H]3O[C@@]2(O)C=C[C@H]3NC[C@H](C)O)ccc1O. The lowest BCUT2D eigenvalue weighted by molar-refractivity contribution is -0.333. The number of aromatic hydroxyl groups is 1. The molecule has 2 aromatic rings. The number of aliphatic hydroxyl groups excluding tert-OH is 4. The van der Waals surface area contributed by atoms with E-state index in [1.807, 2.05) is 18.2 Å². The molecule has 0 spiro atoms. The maximum absolute atomic E-state index is 14.4. The van der Waals surface area contributed by atoms with E-state index in [9.17, 15) is 40.2 Å². The molecule has 2 aliphatic heterocycles. The first-order valence-electron chi connectivity index (χ1n) is 16.9. The van der Waals surface area contributed by atoms with E-state index < -0.39 is 54.3 Å². The molecular formula is C37H47NO12. The predicted octanol–water partition coefficient (Wildman–Crippen LogP) is 1.25. The Hall–Kier alpha value is -3.82. The number of nitrogens with one attached hydrogen (secondary N) is 1. The summed E-state index contributed by atoms with van der Waals surface area (Å²) in [4.78, 5) is 26.6. The van der Waals surface area contributed by atoms with Crippen LogP contribution in [0.3, 0.4) is 0 Å². The predicted molar refractivity (Wildman–Crippen MR) is 180 cm³/mol. The molecule has 2 bridgehead atoms. The minimum atomic E-state index is -2.29. The van der Waals surface area contributed by atoms with E-state index in [2.05, 4.69) is 5.32 Å². The molecule has 0 saturated carbocycles. The Morgan fingerprint density at radius 1 is 1.16 bits per heavy atom. The third-order valence-corrected chi connectivity index (χ3v) is 9.63. The number of benzene rings is 2. The summed E-state index contributed by atoms with van der Waals surface area (Å²) in [6.07, 6.45) is -0.340. The van der Waals surface area contributed by atoms with Crippen LogP contribution in [-0.4, -0.2) is 112 Å². The lowest BCUT2D eigenvalue weighted by Crippen LogP contribution is -2.71. The molecule has 0 unspecified atom stereocenters. The van der Waals surface area contributed by atoms with Crippen LogP contribution in [-0.2, 0) is 36.6 Å². The van der Waals surface area contributed by atoms with E-state index in [-0.39, 0.29) is 55.1 Å². The largest absolute Gasteiger partial charge is 0.504 e. The van der Waals surface area contributed by atoms with Crippen molar-refractivity contribution in [2.45, 2.75) is 87.8 Å². The molecule has 1 saturated heterocycles. The molecule has 1 fully saturated rings. The Morgan fingerprint density at radius 3 is 2.62 bits per heavy atom. The van der Waals surface area contributed by atoms with E-state index in [1.165, 1.54) is 25.3 Å². The smallest absolute Gasteiger partial charge is 0.334 e. The van der Waals surface area contributed by atoms with Crippen molar-refractivity contribution in [3.63, 3.8) is 0 Å². The summed E-state index contributed by atoms with van der Waals surface area (Å²) < 4.78 is 22.6. The van der Waals surface area contributed by atoms with E-state index in [1.54, 1.807) is 25.1 Å². The molecule has 5 rings (SSSR count). The Kier molecular flexibility index (Phi) is 12.0. The molecule has 50 heavy (non-hydrogen) atoms. The summed E-state index contributed by atoms with van der Waals surface area (Å²) in [5, 5.41) is 66.1. The van der Waals surface area contributed by atoms with Crippen LogP contribution >= 0.6 is 0 Å². The van der Waals surface area contributed by atoms with Gasteiger partial charge in [0.25, 0.3) is 0 Å². The van der Waals surface area contributed by atoms with Gasteiger partial charge in [0, 0.05) is 32.3 Å². The van der Waals surface area contributed by atoms with Crippen LogP contribution in [0, 0.1) is 5.92 Å². The number of rotatable bonds is 13. The highest BCUT2D eigenvalue weighted by Crippen LogP contribution is 2.43. The average Bonchev–Trinajstić information content (AvgIpc) is 3.08. The first kappa shape index (κ1) is 37.4. The molecule has 1 aliphatic carbocycles. The summed E-state index contributed by atoms with van der Waals surface area (Å²) in [6.45, 7) is 2.67. The number of ether oxygens (including phenoxy) is 4. The molecule has 272 valence electrons. The molecule has 13 heteroatoms. The van der Waals surface area contributed by atoms with E-state index in [4.69, 9.17) is 18.9 Å². The molecule has 0 amide bonds. The van der Waals surface area contributed by atoms with Crippen molar-refractivity contribution in [3.05, 3.63) is 76.4 Å². The van der Waals surface area contributed by atoms with Crippen molar-refractivity contribution in [1.82, 2.24) is 5.32 Å². The van der Waals surface area contributed by atoms with Gasteiger partial charge in [-0.05, 0) is 91.0 Å². The van der Waals surface area contributed by atoms with Crippen LogP contribution in [0.4, 0.5) is 0 Å². The Balaban J connectivity index is 1.54. The van der Waals surface area contributed by atoms with Crippen molar-refractivity contribution >= 4 is 18.0 Å². The number of methoxy groups -OCH3 is 1. The first-order chi connectivity index (χ1) is 23.9. The second kappa shape index (κ2) is 16.0. The fourth-order valence-corrected chi connectivity index (χ4v) is 7.10. The van der Waals surface area contributed by atoms with Crippen LogP contribution in [0.15, 0.2) is 54.1 Å². The fourth-order valence-electron chi connectivity index (χ4n) is 7.10. The van der Waals surface area contributed by atoms with Gasteiger partial charge in [0.2, 0.25) is 5.79 Å². The van der Waals surface area contributed by atoms with E-state index in [0.717, 1.165) is 30.0 Å². The maximum Gasteiger partial charge on any atom is 0.334 e. The number of esters is 2. The summed E-state index contributed by atoms with van der Waals surface area (Å²) in [7, 11) is 1.39. The second-order valence-corrected chi connectivity index (χ2v) is 13.3. The van der Waals surface area contributed by atoms with Crippen molar-refractivity contribution in [1.29, 1.82) is 0 Å². The Morgan fingerprint density at radius 2 is 1.94 bits per heavy atom. The molecule has 0 radical (unpaired) electrons. The zero-order valence-electron chi connectivity index (χ0n) is 28.4. The zero-order valence-corrected chi connectivity index (χ0v) is 28.4. The lowest BCUT2D eigenvalue weighted by Gasteiger charge is -2.51. The number of aliphatic hydroxyl groups is 5. The summed E-state index contributed by atoms with van der Waals surface area (Å²) >= 11 is 0. The van der Waals surface area contributed by atoms with Gasteiger partial charge in [0.05, 0.1) is 19.3 Å². The molecule has 7 N–H and O–H groups in total. The van der Waals surface area contributed by atoms with Gasteiger partial charge in [-0.3, -0.25) is 4.79 Å². The topological polar surface area (TPSA) is 204 Å². The molecule has 0 aromatic heterocycles. The number of aryl methyl sites for hydroxylation is 1. The van der Waals surface area contributed by atoms with E-state index >= 15 is 0 Å². The van der Waals surface area contributed by atoms with Gasteiger partial charge in [-0.15, -0.1) is 0 Å². The highest BCUT2D eigenvalue weighted by atomic mass is 16.7. The van der Waals surface area contributed by atoms with Crippen LogP contribution < -0.4 is 10.1 Å². The number of carbonyl (C=O) groups is 2. The van der Waals surface area contributed by atoms with Gasteiger partial charge in [0.15, 0.2) is 23.7 Å². The minimum absolute atomic E-state index is 0.0402. The van der Waals surface area contributed by atoms with Crippen molar-refractivity contribution < 1.29 is 59.2 Å². The fraction of sp³-hybridized carbons (Fsp3) is 0.514. The van der Waals surface area contributed by atoms with Crippen LogP contribution in [0.25, 0.3) is 6.08 Å². The van der Waals surface area contributed by atoms with Gasteiger partial charge in [-0.25, -0.2) is 4.79 Å². The third-order valence-electron chi connectivity index (χ3n) is 9.63. The van der Waals surface area contributed by atoms with Gasteiger partial charge in [0.1, 0.15) is 12.2 Å². The van der Waals surface area contributed by atoms with Crippen molar-refractivity contribution in [2.75, 3.05) is 26.9 Å². The first-order valence-corrected chi connectivity index (χ1v) is 16.9. The highest BCUT2D eigenvalue weighted by molar-refractivity contribution is 5.94. The number of phenolic OH excluding ortho intramolecular Hbond substituents is 1. The summed E-state index contributed by atoms with van der Waals surface area (Å²) in [5.74, 6) is -4.48. The maximum atomic E-state index is 14.4. The number of carbonyl (C=O) groups excluding carboxylic acids is 2. The van der Waals surface area contributed by atoms with Gasteiger partial charge in [-0.2, -0.15) is 0 Å². The molecule has 2 heterocycles.